The molecule has 0 radical (unpaired) electrons. The summed E-state index contributed by atoms with van der Waals surface area (Å²) in [5.41, 5.74) is -0.461. The summed E-state index contributed by atoms with van der Waals surface area (Å²) in [6, 6.07) is 5.20. The molecule has 1 amide bonds. The van der Waals surface area contributed by atoms with E-state index in [0.717, 1.165) is 12.1 Å². The molecule has 0 aliphatic heterocycles. The highest BCUT2D eigenvalue weighted by Crippen LogP contribution is 2.25. The van der Waals surface area contributed by atoms with E-state index in [4.69, 9.17) is 4.74 Å². The fourth-order valence-corrected chi connectivity index (χ4v) is 2.41. The van der Waals surface area contributed by atoms with Crippen LogP contribution in [0.5, 0.6) is 0 Å². The molecule has 122 valence electrons. The number of hydrogen-bond donors (Lipinski definition) is 1. The quantitative estimate of drug-likeness (QED) is 0.789. The lowest BCUT2D eigenvalue weighted by Gasteiger charge is -2.19. The van der Waals surface area contributed by atoms with Crippen molar-refractivity contribution in [3.63, 3.8) is 0 Å². The summed E-state index contributed by atoms with van der Waals surface area (Å²) < 4.78 is 32.2. The molecule has 1 aromatic carbocycles. The number of aliphatic imine (C=N–C) groups is 1. The number of carbonyl (C=O) groups is 1. The van der Waals surface area contributed by atoms with E-state index in [2.05, 4.69) is 10.3 Å². The average Bonchev–Trinajstić information content (AvgIpc) is 2.83. The lowest BCUT2D eigenvalue weighted by molar-refractivity contribution is 0.0636. The van der Waals surface area contributed by atoms with Crippen LogP contribution in [0.1, 0.15) is 26.3 Å². The predicted molar refractivity (Wildman–Crippen MR) is 87.8 cm³/mol. The Hall–Kier alpha value is -2.28. The Morgan fingerprint density at radius 1 is 1.26 bits per heavy atom. The van der Waals surface area contributed by atoms with E-state index in [1.807, 2.05) is 0 Å². The summed E-state index contributed by atoms with van der Waals surface area (Å²) >= 11 is 1.26. The Kier molecular flexibility index (Phi) is 5.10. The molecule has 1 aromatic heterocycles. The number of anilines is 1. The van der Waals surface area contributed by atoms with Gasteiger partial charge in [-0.25, -0.2) is 18.6 Å². The van der Waals surface area contributed by atoms with Crippen molar-refractivity contribution in [1.82, 2.24) is 0 Å². The number of ether oxygens (including phenoxy) is 1. The molecule has 1 N–H and O–H groups in total. The lowest BCUT2D eigenvalue weighted by Crippen LogP contribution is -2.27. The summed E-state index contributed by atoms with van der Waals surface area (Å²) in [6.07, 6.45) is 0.691. The van der Waals surface area contributed by atoms with Crippen LogP contribution in [0.2, 0.25) is 0 Å². The molecule has 0 atom stereocenters. The standard InChI is InChI=1S/C16H16F2N2O2S/c1-16(2,3)22-15(21)20-14-10(7-8-23-14)9-19-13-11(17)5-4-6-12(13)18/h4-9H,1-3H3,(H,20,21). The van der Waals surface area contributed by atoms with Gasteiger partial charge in [-0.3, -0.25) is 5.32 Å². The summed E-state index contributed by atoms with van der Waals surface area (Å²) in [5, 5.41) is 4.80. The highest BCUT2D eigenvalue weighted by Gasteiger charge is 2.17. The van der Waals surface area contributed by atoms with Crippen molar-refractivity contribution in [2.45, 2.75) is 26.4 Å². The van der Waals surface area contributed by atoms with Crippen molar-refractivity contribution in [3.8, 4) is 0 Å². The third kappa shape index (κ3) is 4.85. The topological polar surface area (TPSA) is 50.7 Å². The number of halogens is 2. The van der Waals surface area contributed by atoms with Crippen molar-refractivity contribution in [2.24, 2.45) is 4.99 Å². The van der Waals surface area contributed by atoms with E-state index in [-0.39, 0.29) is 5.69 Å². The van der Waals surface area contributed by atoms with Gasteiger partial charge in [-0.15, -0.1) is 11.3 Å². The molecule has 0 fully saturated rings. The van der Waals surface area contributed by atoms with E-state index < -0.39 is 23.3 Å². The normalized spacial score (nSPS) is 11.7. The van der Waals surface area contributed by atoms with Gasteiger partial charge in [-0.05, 0) is 44.4 Å². The van der Waals surface area contributed by atoms with Gasteiger partial charge in [-0.1, -0.05) is 6.07 Å². The Labute approximate surface area is 136 Å². The van der Waals surface area contributed by atoms with Crippen molar-refractivity contribution >= 4 is 34.3 Å². The number of thiophene rings is 1. The second kappa shape index (κ2) is 6.87. The minimum Gasteiger partial charge on any atom is -0.444 e. The van der Waals surface area contributed by atoms with Gasteiger partial charge in [-0.2, -0.15) is 0 Å². The molecule has 0 unspecified atom stereocenters. The predicted octanol–water partition coefficient (Wildman–Crippen LogP) is 5.12. The summed E-state index contributed by atoms with van der Waals surface area (Å²) in [4.78, 5) is 15.6. The van der Waals surface area contributed by atoms with Gasteiger partial charge in [0.05, 0.1) is 0 Å². The second-order valence-corrected chi connectivity index (χ2v) is 6.58. The van der Waals surface area contributed by atoms with Crippen LogP contribution in [0.3, 0.4) is 0 Å². The number of para-hydroxylation sites is 1. The molecular weight excluding hydrogens is 322 g/mol. The molecule has 2 rings (SSSR count). The van der Waals surface area contributed by atoms with Crippen LogP contribution in [0.4, 0.5) is 24.3 Å². The highest BCUT2D eigenvalue weighted by molar-refractivity contribution is 7.14. The molecule has 0 spiro atoms. The van der Waals surface area contributed by atoms with Gasteiger partial charge in [0.25, 0.3) is 0 Å². The summed E-state index contributed by atoms with van der Waals surface area (Å²) in [7, 11) is 0. The average molecular weight is 338 g/mol. The summed E-state index contributed by atoms with van der Waals surface area (Å²) in [5.74, 6) is -1.50. The Bertz CT molecular complexity index is 716. The van der Waals surface area contributed by atoms with E-state index in [1.54, 1.807) is 32.2 Å². The molecule has 23 heavy (non-hydrogen) atoms. The zero-order valence-electron chi connectivity index (χ0n) is 12.9. The third-order valence-electron chi connectivity index (χ3n) is 2.58. The van der Waals surface area contributed by atoms with Crippen molar-refractivity contribution in [2.75, 3.05) is 5.32 Å². The molecule has 0 aliphatic rings. The zero-order chi connectivity index (χ0) is 17.0. The Balaban J connectivity index is 2.15. The number of nitrogens with one attached hydrogen (secondary N) is 1. The van der Waals surface area contributed by atoms with Crippen molar-refractivity contribution < 1.29 is 18.3 Å². The zero-order valence-corrected chi connectivity index (χ0v) is 13.7. The maximum Gasteiger partial charge on any atom is 0.412 e. The van der Waals surface area contributed by atoms with Crippen LogP contribution in [0, 0.1) is 11.6 Å². The minimum atomic E-state index is -0.752. The highest BCUT2D eigenvalue weighted by atomic mass is 32.1. The van der Waals surface area contributed by atoms with E-state index in [1.165, 1.54) is 23.6 Å². The SMILES string of the molecule is CC(C)(C)OC(=O)Nc1sccc1C=Nc1c(F)cccc1F. The fraction of sp³-hybridized carbons (Fsp3) is 0.250. The number of rotatable bonds is 3. The van der Waals surface area contributed by atoms with Crippen LogP contribution in [-0.2, 0) is 4.74 Å². The number of carbonyl (C=O) groups excluding carboxylic acids is 1. The van der Waals surface area contributed by atoms with Gasteiger partial charge >= 0.3 is 6.09 Å². The smallest absolute Gasteiger partial charge is 0.412 e. The van der Waals surface area contributed by atoms with Gasteiger partial charge in [0.1, 0.15) is 16.3 Å². The molecule has 1 heterocycles. The Morgan fingerprint density at radius 2 is 1.91 bits per heavy atom. The first-order valence-corrected chi connectivity index (χ1v) is 7.70. The van der Waals surface area contributed by atoms with Crippen LogP contribution >= 0.6 is 11.3 Å². The molecule has 2 aromatic rings. The first-order valence-electron chi connectivity index (χ1n) is 6.82. The lowest BCUT2D eigenvalue weighted by atomic mass is 10.2. The van der Waals surface area contributed by atoms with Gasteiger partial charge < -0.3 is 4.74 Å². The monoisotopic (exact) mass is 338 g/mol. The minimum absolute atomic E-state index is 0.373. The summed E-state index contributed by atoms with van der Waals surface area (Å²) in [6.45, 7) is 5.26. The van der Waals surface area contributed by atoms with E-state index >= 15 is 0 Å². The molecule has 4 nitrogen and oxygen atoms in total. The van der Waals surface area contributed by atoms with Crippen molar-refractivity contribution in [1.29, 1.82) is 0 Å². The van der Waals surface area contributed by atoms with Gasteiger partial charge in [0.2, 0.25) is 0 Å². The number of nitrogens with zero attached hydrogens (tertiary/aromatic N) is 1. The first-order chi connectivity index (χ1) is 10.8. The largest absolute Gasteiger partial charge is 0.444 e. The third-order valence-corrected chi connectivity index (χ3v) is 3.43. The van der Waals surface area contributed by atoms with Crippen molar-refractivity contribution in [3.05, 3.63) is 46.8 Å². The molecule has 0 saturated heterocycles. The van der Waals surface area contributed by atoms with Crippen LogP contribution < -0.4 is 5.32 Å². The maximum atomic E-state index is 13.5. The van der Waals surface area contributed by atoms with Crippen LogP contribution in [-0.4, -0.2) is 17.9 Å². The molecule has 7 heteroatoms. The number of amides is 1. The molecule has 0 bridgehead atoms. The first kappa shape index (κ1) is 17.1. The number of hydrogen-bond acceptors (Lipinski definition) is 4. The van der Waals surface area contributed by atoms with Crippen LogP contribution in [0.15, 0.2) is 34.6 Å². The fourth-order valence-electron chi connectivity index (χ4n) is 1.67. The molecular formula is C16H16F2N2O2S. The van der Waals surface area contributed by atoms with E-state index in [9.17, 15) is 13.6 Å². The van der Waals surface area contributed by atoms with Crippen LogP contribution in [0.25, 0.3) is 0 Å². The second-order valence-electron chi connectivity index (χ2n) is 5.66. The number of benzene rings is 1. The van der Waals surface area contributed by atoms with E-state index in [0.29, 0.717) is 10.6 Å². The van der Waals surface area contributed by atoms with Gasteiger partial charge in [0, 0.05) is 11.8 Å². The maximum absolute atomic E-state index is 13.5. The Morgan fingerprint density at radius 3 is 2.52 bits per heavy atom. The molecule has 0 saturated carbocycles. The molecule has 0 aliphatic carbocycles. The van der Waals surface area contributed by atoms with Gasteiger partial charge in [0.15, 0.2) is 11.6 Å².